The van der Waals surface area contributed by atoms with Gasteiger partial charge in [0.1, 0.15) is 17.5 Å². The molecule has 0 saturated heterocycles. The number of benzene rings is 2. The summed E-state index contributed by atoms with van der Waals surface area (Å²) in [5.74, 6) is -0.493. The highest BCUT2D eigenvalue weighted by Crippen LogP contribution is 2.28. The molecule has 0 aliphatic carbocycles. The van der Waals surface area contributed by atoms with Gasteiger partial charge in [-0.2, -0.15) is 0 Å². The average Bonchev–Trinajstić information content (AvgIpc) is 2.77. The van der Waals surface area contributed by atoms with E-state index in [1.165, 1.54) is 18.2 Å². The smallest absolute Gasteiger partial charge is 0.147 e. The summed E-state index contributed by atoms with van der Waals surface area (Å²) in [7, 11) is 0. The molecule has 2 nitrogen and oxygen atoms in total. The first-order chi connectivity index (χ1) is 9.61. The van der Waals surface area contributed by atoms with Gasteiger partial charge in [0.05, 0.1) is 27.6 Å². The standard InChI is InChI=1S/C14H8Cl2F2N2/c15-7-14-19-11-6-10(18)8(16)5-13(11)20(14)12-4-2-1-3-9(12)17/h1-6H,7H2. The summed E-state index contributed by atoms with van der Waals surface area (Å²) in [5, 5.41) is -0.0453. The largest absolute Gasteiger partial charge is 0.292 e. The first kappa shape index (κ1) is 13.3. The van der Waals surface area contributed by atoms with Crippen molar-refractivity contribution in [3.8, 4) is 5.69 Å². The van der Waals surface area contributed by atoms with Crippen molar-refractivity contribution < 1.29 is 8.78 Å². The number of fused-ring (bicyclic) bond motifs is 1. The van der Waals surface area contributed by atoms with E-state index >= 15 is 0 Å². The minimum Gasteiger partial charge on any atom is -0.292 e. The molecule has 0 saturated carbocycles. The molecule has 0 N–H and O–H groups in total. The van der Waals surface area contributed by atoms with Gasteiger partial charge in [-0.15, -0.1) is 11.6 Å². The van der Waals surface area contributed by atoms with Crippen molar-refractivity contribution in [2.24, 2.45) is 0 Å². The Balaban J connectivity index is 2.39. The van der Waals surface area contributed by atoms with Gasteiger partial charge in [-0.3, -0.25) is 4.57 Å². The van der Waals surface area contributed by atoms with Crippen LogP contribution in [-0.4, -0.2) is 9.55 Å². The van der Waals surface area contributed by atoms with E-state index < -0.39 is 11.6 Å². The van der Waals surface area contributed by atoms with Crippen LogP contribution in [0.5, 0.6) is 0 Å². The lowest BCUT2D eigenvalue weighted by Gasteiger charge is -2.09. The zero-order valence-electron chi connectivity index (χ0n) is 10.1. The summed E-state index contributed by atoms with van der Waals surface area (Å²) in [5.41, 5.74) is 1.19. The molecular formula is C14H8Cl2F2N2. The molecule has 0 radical (unpaired) electrons. The van der Waals surface area contributed by atoms with E-state index in [9.17, 15) is 8.78 Å². The highest BCUT2D eigenvalue weighted by Gasteiger charge is 2.16. The lowest BCUT2D eigenvalue weighted by molar-refractivity contribution is 0.617. The van der Waals surface area contributed by atoms with Crippen molar-refractivity contribution in [1.29, 1.82) is 0 Å². The van der Waals surface area contributed by atoms with Crippen LogP contribution in [0, 0.1) is 11.6 Å². The third-order valence-electron chi connectivity index (χ3n) is 2.98. The molecule has 0 aliphatic heterocycles. The number of aromatic nitrogens is 2. The molecule has 6 heteroatoms. The van der Waals surface area contributed by atoms with E-state index in [-0.39, 0.29) is 10.9 Å². The summed E-state index contributed by atoms with van der Waals surface area (Å²) in [6.07, 6.45) is 0. The van der Waals surface area contributed by atoms with Gasteiger partial charge in [-0.25, -0.2) is 13.8 Å². The third kappa shape index (κ3) is 2.05. The molecule has 0 aliphatic rings. The highest BCUT2D eigenvalue weighted by atomic mass is 35.5. The second kappa shape index (κ2) is 5.04. The van der Waals surface area contributed by atoms with Gasteiger partial charge in [-0.1, -0.05) is 23.7 Å². The fourth-order valence-electron chi connectivity index (χ4n) is 2.11. The number of para-hydroxylation sites is 1. The Kier molecular flexibility index (Phi) is 3.36. The lowest BCUT2D eigenvalue weighted by atomic mass is 10.2. The van der Waals surface area contributed by atoms with Crippen molar-refractivity contribution in [2.45, 2.75) is 5.88 Å². The Hall–Kier alpha value is -1.65. The van der Waals surface area contributed by atoms with Gasteiger partial charge in [-0.05, 0) is 18.2 Å². The number of nitrogens with zero attached hydrogens (tertiary/aromatic N) is 2. The molecule has 102 valence electrons. The first-order valence-electron chi connectivity index (χ1n) is 5.79. The van der Waals surface area contributed by atoms with Gasteiger partial charge >= 0.3 is 0 Å². The minimum absolute atomic E-state index is 0.0453. The fourth-order valence-corrected chi connectivity index (χ4v) is 2.45. The molecule has 3 rings (SSSR count). The second-order valence-electron chi connectivity index (χ2n) is 4.20. The zero-order chi connectivity index (χ0) is 14.3. The second-order valence-corrected chi connectivity index (χ2v) is 4.88. The molecule has 2 aromatic carbocycles. The number of alkyl halides is 1. The Labute approximate surface area is 123 Å². The molecular weight excluding hydrogens is 305 g/mol. The van der Waals surface area contributed by atoms with Crippen LogP contribution in [-0.2, 0) is 5.88 Å². The third-order valence-corrected chi connectivity index (χ3v) is 3.51. The topological polar surface area (TPSA) is 17.8 Å². The number of imidazole rings is 1. The van der Waals surface area contributed by atoms with Crippen LogP contribution in [0.25, 0.3) is 16.7 Å². The lowest BCUT2D eigenvalue weighted by Crippen LogP contribution is -2.01. The van der Waals surface area contributed by atoms with Gasteiger partial charge in [0.2, 0.25) is 0 Å². The molecule has 0 fully saturated rings. The average molecular weight is 313 g/mol. The molecule has 0 unspecified atom stereocenters. The van der Waals surface area contributed by atoms with Crippen molar-refractivity contribution in [3.05, 3.63) is 58.9 Å². The first-order valence-corrected chi connectivity index (χ1v) is 6.70. The van der Waals surface area contributed by atoms with Crippen LogP contribution < -0.4 is 0 Å². The maximum atomic E-state index is 14.0. The zero-order valence-corrected chi connectivity index (χ0v) is 11.6. The van der Waals surface area contributed by atoms with E-state index in [0.29, 0.717) is 22.5 Å². The van der Waals surface area contributed by atoms with Crippen LogP contribution >= 0.6 is 23.2 Å². The molecule has 0 bridgehead atoms. The monoisotopic (exact) mass is 312 g/mol. The number of rotatable bonds is 2. The summed E-state index contributed by atoms with van der Waals surface area (Å²) < 4.78 is 29.0. The van der Waals surface area contributed by atoms with E-state index in [1.807, 2.05) is 0 Å². The number of hydrogen-bond donors (Lipinski definition) is 0. The fraction of sp³-hybridized carbons (Fsp3) is 0.0714. The molecule has 3 aromatic rings. The van der Waals surface area contributed by atoms with Gasteiger partial charge in [0.25, 0.3) is 0 Å². The quantitative estimate of drug-likeness (QED) is 0.627. The van der Waals surface area contributed by atoms with Gasteiger partial charge in [0.15, 0.2) is 0 Å². The van der Waals surface area contributed by atoms with Crippen LogP contribution in [0.1, 0.15) is 5.82 Å². The summed E-state index contributed by atoms with van der Waals surface area (Å²) >= 11 is 11.6. The SMILES string of the molecule is Fc1cc2nc(CCl)n(-c3ccccc3F)c2cc1Cl. The van der Waals surface area contributed by atoms with Crippen LogP contribution in [0.15, 0.2) is 36.4 Å². The summed E-state index contributed by atoms with van der Waals surface area (Å²) in [4.78, 5) is 4.22. The van der Waals surface area contributed by atoms with Crippen LogP contribution in [0.2, 0.25) is 5.02 Å². The maximum absolute atomic E-state index is 14.0. The van der Waals surface area contributed by atoms with Gasteiger partial charge < -0.3 is 0 Å². The summed E-state index contributed by atoms with van der Waals surface area (Å²) in [6.45, 7) is 0. The summed E-state index contributed by atoms with van der Waals surface area (Å²) in [6, 6.07) is 8.86. The van der Waals surface area contributed by atoms with Crippen molar-refractivity contribution >= 4 is 34.2 Å². The normalized spacial score (nSPS) is 11.2. The van der Waals surface area contributed by atoms with E-state index in [2.05, 4.69) is 4.98 Å². The van der Waals surface area contributed by atoms with Crippen molar-refractivity contribution in [1.82, 2.24) is 9.55 Å². The Morgan fingerprint density at radius 1 is 1.10 bits per heavy atom. The van der Waals surface area contributed by atoms with E-state index in [1.54, 1.807) is 22.8 Å². The van der Waals surface area contributed by atoms with Crippen LogP contribution in [0.3, 0.4) is 0 Å². The number of hydrogen-bond acceptors (Lipinski definition) is 1. The molecule has 1 aromatic heterocycles. The Bertz CT molecular complexity index is 799. The molecule has 1 heterocycles. The number of halogens is 4. The van der Waals surface area contributed by atoms with Crippen LogP contribution in [0.4, 0.5) is 8.78 Å². The molecule has 0 spiro atoms. The minimum atomic E-state index is -0.571. The molecule has 0 atom stereocenters. The Morgan fingerprint density at radius 2 is 1.85 bits per heavy atom. The van der Waals surface area contributed by atoms with Crippen molar-refractivity contribution in [3.63, 3.8) is 0 Å². The van der Waals surface area contributed by atoms with E-state index in [4.69, 9.17) is 23.2 Å². The van der Waals surface area contributed by atoms with E-state index in [0.717, 1.165) is 0 Å². The highest BCUT2D eigenvalue weighted by molar-refractivity contribution is 6.31. The van der Waals surface area contributed by atoms with Gasteiger partial charge in [0, 0.05) is 6.07 Å². The van der Waals surface area contributed by atoms with Crippen molar-refractivity contribution in [2.75, 3.05) is 0 Å². The maximum Gasteiger partial charge on any atom is 0.147 e. The molecule has 20 heavy (non-hydrogen) atoms. The molecule has 0 amide bonds. The predicted molar refractivity (Wildman–Crippen MR) is 75.6 cm³/mol. The predicted octanol–water partition coefficient (Wildman–Crippen LogP) is 4.70. The Morgan fingerprint density at radius 3 is 2.55 bits per heavy atom.